The molecule has 2 aromatic heterocycles. The number of benzene rings is 1. The van der Waals surface area contributed by atoms with E-state index in [-0.39, 0.29) is 17.2 Å². The van der Waals surface area contributed by atoms with Crippen LogP contribution in [0.15, 0.2) is 59.5 Å². The van der Waals surface area contributed by atoms with Crippen LogP contribution in [0.2, 0.25) is 0 Å². The first kappa shape index (κ1) is 20.2. The number of carbonyl (C=O) groups excluding carboxylic acids is 1. The molecular formula is C22H24FN5O2. The Bertz CT molecular complexity index is 1090. The molecule has 1 aliphatic heterocycles. The van der Waals surface area contributed by atoms with Gasteiger partial charge in [-0.15, -0.1) is 0 Å². The Labute approximate surface area is 173 Å². The molecule has 1 amide bonds. The molecule has 3 heterocycles. The van der Waals surface area contributed by atoms with Crippen molar-refractivity contribution < 1.29 is 9.18 Å². The van der Waals surface area contributed by atoms with E-state index in [0.29, 0.717) is 25.2 Å². The predicted molar refractivity (Wildman–Crippen MR) is 113 cm³/mol. The van der Waals surface area contributed by atoms with Crippen LogP contribution in [0.3, 0.4) is 0 Å². The van der Waals surface area contributed by atoms with Crippen LogP contribution in [0.25, 0.3) is 5.65 Å². The van der Waals surface area contributed by atoms with Crippen molar-refractivity contribution in [2.75, 3.05) is 38.0 Å². The van der Waals surface area contributed by atoms with Crippen molar-refractivity contribution in [3.8, 4) is 0 Å². The standard InChI is InChI=1S/C22H24FN5O2/c23-18-5-1-2-6-19(18)25-21(29)8-10-26-11-13-27(14-12-26)16-17-15-22(30)28-9-4-3-7-20(28)24-17/h1-7,9,15H,8,10-14,16H2,(H,25,29). The van der Waals surface area contributed by atoms with Gasteiger partial charge < -0.3 is 10.2 Å². The smallest absolute Gasteiger partial charge is 0.258 e. The van der Waals surface area contributed by atoms with Gasteiger partial charge in [0.1, 0.15) is 11.5 Å². The zero-order valence-electron chi connectivity index (χ0n) is 16.6. The van der Waals surface area contributed by atoms with Crippen molar-refractivity contribution in [3.63, 3.8) is 0 Å². The Morgan fingerprint density at radius 2 is 1.77 bits per heavy atom. The Morgan fingerprint density at radius 1 is 1.03 bits per heavy atom. The number of fused-ring (bicyclic) bond motifs is 1. The highest BCUT2D eigenvalue weighted by atomic mass is 19.1. The highest BCUT2D eigenvalue weighted by Gasteiger charge is 2.18. The number of carbonyl (C=O) groups is 1. The van der Waals surface area contributed by atoms with Gasteiger partial charge in [-0.3, -0.25) is 18.9 Å². The normalized spacial score (nSPS) is 15.4. The molecule has 0 aliphatic carbocycles. The number of rotatable bonds is 6. The number of hydrogen-bond acceptors (Lipinski definition) is 5. The molecule has 1 N–H and O–H groups in total. The molecular weight excluding hydrogens is 385 g/mol. The molecule has 30 heavy (non-hydrogen) atoms. The molecule has 0 bridgehead atoms. The van der Waals surface area contributed by atoms with E-state index in [1.807, 2.05) is 18.2 Å². The highest BCUT2D eigenvalue weighted by Crippen LogP contribution is 2.13. The molecule has 1 aromatic carbocycles. The Morgan fingerprint density at radius 3 is 2.57 bits per heavy atom. The molecule has 3 aromatic rings. The van der Waals surface area contributed by atoms with E-state index < -0.39 is 5.82 Å². The summed E-state index contributed by atoms with van der Waals surface area (Å²) >= 11 is 0. The topological polar surface area (TPSA) is 70.0 Å². The molecule has 0 unspecified atom stereocenters. The van der Waals surface area contributed by atoms with Gasteiger partial charge in [-0.05, 0) is 24.3 Å². The van der Waals surface area contributed by atoms with E-state index in [1.165, 1.54) is 10.5 Å². The molecule has 0 radical (unpaired) electrons. The summed E-state index contributed by atoms with van der Waals surface area (Å²) in [4.78, 5) is 33.4. The molecule has 1 fully saturated rings. The van der Waals surface area contributed by atoms with Gasteiger partial charge >= 0.3 is 0 Å². The summed E-state index contributed by atoms with van der Waals surface area (Å²) in [5, 5.41) is 2.62. The summed E-state index contributed by atoms with van der Waals surface area (Å²) < 4.78 is 15.2. The summed E-state index contributed by atoms with van der Waals surface area (Å²) in [6.07, 6.45) is 2.03. The molecule has 1 aliphatic rings. The van der Waals surface area contributed by atoms with Crippen molar-refractivity contribution in [3.05, 3.63) is 76.6 Å². The predicted octanol–water partition coefficient (Wildman–Crippen LogP) is 1.98. The van der Waals surface area contributed by atoms with E-state index in [4.69, 9.17) is 0 Å². The van der Waals surface area contributed by atoms with E-state index in [9.17, 15) is 14.0 Å². The first-order valence-corrected chi connectivity index (χ1v) is 10.0. The van der Waals surface area contributed by atoms with Gasteiger partial charge in [-0.25, -0.2) is 9.37 Å². The number of aromatic nitrogens is 2. The Hall–Kier alpha value is -3.10. The maximum atomic E-state index is 13.6. The summed E-state index contributed by atoms with van der Waals surface area (Å²) in [5.74, 6) is -0.621. The van der Waals surface area contributed by atoms with Crippen LogP contribution >= 0.6 is 0 Å². The number of para-hydroxylation sites is 1. The Kier molecular flexibility index (Phi) is 6.15. The van der Waals surface area contributed by atoms with Crippen LogP contribution in [0.1, 0.15) is 12.1 Å². The number of nitrogens with zero attached hydrogens (tertiary/aromatic N) is 4. The summed E-state index contributed by atoms with van der Waals surface area (Å²) in [6, 6.07) is 13.3. The van der Waals surface area contributed by atoms with Crippen molar-refractivity contribution in [1.82, 2.24) is 19.2 Å². The number of nitrogens with one attached hydrogen (secondary N) is 1. The van der Waals surface area contributed by atoms with Gasteiger partial charge in [0.15, 0.2) is 0 Å². The minimum Gasteiger partial charge on any atom is -0.324 e. The average molecular weight is 409 g/mol. The second-order valence-corrected chi connectivity index (χ2v) is 7.41. The van der Waals surface area contributed by atoms with Crippen LogP contribution < -0.4 is 10.9 Å². The van der Waals surface area contributed by atoms with E-state index in [2.05, 4.69) is 20.1 Å². The van der Waals surface area contributed by atoms with E-state index in [1.54, 1.807) is 30.5 Å². The second kappa shape index (κ2) is 9.15. The van der Waals surface area contributed by atoms with Crippen molar-refractivity contribution in [2.45, 2.75) is 13.0 Å². The average Bonchev–Trinajstić information content (AvgIpc) is 2.75. The van der Waals surface area contributed by atoms with Crippen LogP contribution in [0.4, 0.5) is 10.1 Å². The van der Waals surface area contributed by atoms with Crippen molar-refractivity contribution in [1.29, 1.82) is 0 Å². The highest BCUT2D eigenvalue weighted by molar-refractivity contribution is 5.90. The third kappa shape index (κ3) is 4.90. The lowest BCUT2D eigenvalue weighted by atomic mass is 10.2. The maximum absolute atomic E-state index is 13.6. The van der Waals surface area contributed by atoms with E-state index in [0.717, 1.165) is 31.9 Å². The number of amides is 1. The fourth-order valence-corrected chi connectivity index (χ4v) is 3.62. The number of anilines is 1. The van der Waals surface area contributed by atoms with Gasteiger partial charge in [0.05, 0.1) is 11.4 Å². The fourth-order valence-electron chi connectivity index (χ4n) is 3.62. The number of piperazine rings is 1. The monoisotopic (exact) mass is 409 g/mol. The second-order valence-electron chi connectivity index (χ2n) is 7.41. The van der Waals surface area contributed by atoms with Gasteiger partial charge in [0, 0.05) is 58.0 Å². The zero-order valence-corrected chi connectivity index (χ0v) is 16.6. The molecule has 0 atom stereocenters. The quantitative estimate of drug-likeness (QED) is 0.674. The SMILES string of the molecule is O=C(CCN1CCN(Cc2cc(=O)n3ccccc3n2)CC1)Nc1ccccc1F. The van der Waals surface area contributed by atoms with E-state index >= 15 is 0 Å². The minimum absolute atomic E-state index is 0.0740. The van der Waals surface area contributed by atoms with Crippen molar-refractivity contribution >= 4 is 17.2 Å². The largest absolute Gasteiger partial charge is 0.324 e. The van der Waals surface area contributed by atoms with Gasteiger partial charge in [0.2, 0.25) is 5.91 Å². The molecule has 7 nitrogen and oxygen atoms in total. The maximum Gasteiger partial charge on any atom is 0.258 e. The van der Waals surface area contributed by atoms with Gasteiger partial charge in [-0.1, -0.05) is 18.2 Å². The van der Waals surface area contributed by atoms with Gasteiger partial charge in [-0.2, -0.15) is 0 Å². The molecule has 1 saturated heterocycles. The zero-order chi connectivity index (χ0) is 20.9. The third-order valence-corrected chi connectivity index (χ3v) is 5.28. The molecule has 0 saturated carbocycles. The fraction of sp³-hybridized carbons (Fsp3) is 0.318. The molecule has 0 spiro atoms. The van der Waals surface area contributed by atoms with Gasteiger partial charge in [0.25, 0.3) is 5.56 Å². The minimum atomic E-state index is -0.429. The lowest BCUT2D eigenvalue weighted by molar-refractivity contribution is -0.116. The summed E-state index contributed by atoms with van der Waals surface area (Å²) in [7, 11) is 0. The number of pyridine rings is 1. The molecule has 156 valence electrons. The molecule has 8 heteroatoms. The van der Waals surface area contributed by atoms with Crippen LogP contribution in [0, 0.1) is 5.82 Å². The molecule has 4 rings (SSSR count). The first-order valence-electron chi connectivity index (χ1n) is 10.0. The van der Waals surface area contributed by atoms with Crippen molar-refractivity contribution in [2.24, 2.45) is 0 Å². The van der Waals surface area contributed by atoms with Crippen LogP contribution in [-0.4, -0.2) is 57.8 Å². The number of hydrogen-bond donors (Lipinski definition) is 1. The van der Waals surface area contributed by atoms with Crippen LogP contribution in [0.5, 0.6) is 0 Å². The third-order valence-electron chi connectivity index (χ3n) is 5.28. The lowest BCUT2D eigenvalue weighted by Gasteiger charge is -2.34. The van der Waals surface area contributed by atoms with Crippen LogP contribution in [-0.2, 0) is 11.3 Å². The summed E-state index contributed by atoms with van der Waals surface area (Å²) in [5.41, 5.74) is 1.56. The number of halogens is 1. The lowest BCUT2D eigenvalue weighted by Crippen LogP contribution is -2.46. The summed E-state index contributed by atoms with van der Waals surface area (Å²) in [6.45, 7) is 4.60. The first-order chi connectivity index (χ1) is 14.6. The Balaban J connectivity index is 1.25.